The number of alkyl halides is 1. The molecule has 2 rings (SSSR count). The molecular weight excluding hydrogens is 328 g/mol. The fourth-order valence-electron chi connectivity index (χ4n) is 1.90. The Kier molecular flexibility index (Phi) is 5.37. The molecule has 2 aromatic rings. The molecule has 21 heavy (non-hydrogen) atoms. The van der Waals surface area contributed by atoms with E-state index in [0.29, 0.717) is 12.4 Å². The number of thiazole rings is 1. The number of benzene rings is 1. The van der Waals surface area contributed by atoms with Gasteiger partial charge in [-0.3, -0.25) is 0 Å². The van der Waals surface area contributed by atoms with Crippen LogP contribution in [-0.4, -0.2) is 24.8 Å². The van der Waals surface area contributed by atoms with Crippen LogP contribution in [0.25, 0.3) is 0 Å². The minimum Gasteiger partial charge on any atom is -0.250 e. The van der Waals surface area contributed by atoms with Gasteiger partial charge in [0.15, 0.2) is 0 Å². The third-order valence-electron chi connectivity index (χ3n) is 3.18. The van der Waals surface area contributed by atoms with Crippen molar-refractivity contribution in [3.8, 4) is 0 Å². The lowest BCUT2D eigenvalue weighted by molar-refractivity contribution is 0.468. The Bertz CT molecular complexity index is 713. The van der Waals surface area contributed by atoms with Gasteiger partial charge in [0.1, 0.15) is 0 Å². The molecule has 0 saturated heterocycles. The number of nitrogens with zero attached hydrogens (tertiary/aromatic N) is 2. The monoisotopic (exact) mass is 344 g/mol. The zero-order valence-electron chi connectivity index (χ0n) is 11.9. The molecule has 0 saturated carbocycles. The number of hydrogen-bond donors (Lipinski definition) is 0. The van der Waals surface area contributed by atoms with Gasteiger partial charge >= 0.3 is 0 Å². The first-order valence-electron chi connectivity index (χ1n) is 6.39. The molecule has 0 N–H and O–H groups in total. The maximum Gasteiger partial charge on any atom is 0.218 e. The summed E-state index contributed by atoms with van der Waals surface area (Å²) >= 11 is 7.25. The van der Waals surface area contributed by atoms with E-state index in [-0.39, 0.29) is 5.75 Å². The van der Waals surface area contributed by atoms with Crippen molar-refractivity contribution in [2.45, 2.75) is 25.1 Å². The maximum atomic E-state index is 12.4. The predicted molar refractivity (Wildman–Crippen MR) is 86.9 cm³/mol. The first-order chi connectivity index (χ1) is 9.92. The maximum absolute atomic E-state index is 12.4. The van der Waals surface area contributed by atoms with Crippen LogP contribution in [0.1, 0.15) is 21.7 Å². The fourth-order valence-corrected chi connectivity index (χ4v) is 4.13. The largest absolute Gasteiger partial charge is 0.250 e. The Labute approximate surface area is 134 Å². The van der Waals surface area contributed by atoms with Crippen LogP contribution in [0.2, 0.25) is 0 Å². The number of hydrogen-bond acceptors (Lipinski definition) is 4. The highest BCUT2D eigenvalue weighted by Crippen LogP contribution is 2.18. The van der Waals surface area contributed by atoms with E-state index in [1.54, 1.807) is 18.6 Å². The SMILES string of the molecule is Cc1ncsc1CN(C)S(=O)(=O)Cc1cccc(CCl)c1. The normalized spacial score (nSPS) is 12.0. The van der Waals surface area contributed by atoms with Crippen molar-refractivity contribution in [2.24, 2.45) is 0 Å². The lowest BCUT2D eigenvalue weighted by atomic mass is 10.2. The first kappa shape index (κ1) is 16.4. The predicted octanol–water partition coefficient (Wildman–Crippen LogP) is 3.15. The van der Waals surface area contributed by atoms with E-state index in [4.69, 9.17) is 11.6 Å². The number of sulfonamides is 1. The minimum absolute atomic E-state index is 0.0217. The molecule has 0 fully saturated rings. The van der Waals surface area contributed by atoms with Crippen molar-refractivity contribution in [3.63, 3.8) is 0 Å². The molecule has 1 aromatic heterocycles. The number of aromatic nitrogens is 1. The van der Waals surface area contributed by atoms with E-state index in [1.165, 1.54) is 15.6 Å². The molecule has 4 nitrogen and oxygen atoms in total. The smallest absolute Gasteiger partial charge is 0.218 e. The standard InChI is InChI=1S/C14H17ClN2O2S2/c1-11-14(20-10-16-11)8-17(2)21(18,19)9-13-5-3-4-12(6-13)7-15/h3-6,10H,7-9H2,1-2H3. The van der Waals surface area contributed by atoms with Crippen LogP contribution >= 0.6 is 22.9 Å². The molecule has 0 radical (unpaired) electrons. The van der Waals surface area contributed by atoms with Crippen LogP contribution in [0.15, 0.2) is 29.8 Å². The van der Waals surface area contributed by atoms with Crippen molar-refractivity contribution in [3.05, 3.63) is 51.5 Å². The summed E-state index contributed by atoms with van der Waals surface area (Å²) in [7, 11) is -1.76. The zero-order valence-corrected chi connectivity index (χ0v) is 14.3. The second-order valence-electron chi connectivity index (χ2n) is 4.83. The highest BCUT2D eigenvalue weighted by atomic mass is 35.5. The molecule has 0 spiro atoms. The van der Waals surface area contributed by atoms with E-state index in [2.05, 4.69) is 4.98 Å². The summed E-state index contributed by atoms with van der Waals surface area (Å²) in [6.07, 6.45) is 0. The molecule has 1 heterocycles. The molecule has 1 aromatic carbocycles. The van der Waals surface area contributed by atoms with Gasteiger partial charge in [-0.1, -0.05) is 24.3 Å². The Morgan fingerprint density at radius 1 is 1.33 bits per heavy atom. The van der Waals surface area contributed by atoms with Crippen LogP contribution in [0.3, 0.4) is 0 Å². The Morgan fingerprint density at radius 2 is 2.05 bits per heavy atom. The van der Waals surface area contributed by atoms with Crippen molar-refractivity contribution < 1.29 is 8.42 Å². The van der Waals surface area contributed by atoms with Crippen molar-refractivity contribution in [1.29, 1.82) is 0 Å². The van der Waals surface area contributed by atoms with Gasteiger partial charge in [-0.2, -0.15) is 4.31 Å². The topological polar surface area (TPSA) is 50.3 Å². The minimum atomic E-state index is -3.36. The third-order valence-corrected chi connectivity index (χ3v) is 6.19. The molecular formula is C14H17ClN2O2S2. The quantitative estimate of drug-likeness (QED) is 0.756. The molecule has 0 amide bonds. The van der Waals surface area contributed by atoms with Gasteiger partial charge in [0.05, 0.1) is 17.0 Å². The number of halogens is 1. The van der Waals surface area contributed by atoms with Crippen LogP contribution in [-0.2, 0) is 28.2 Å². The molecule has 0 atom stereocenters. The van der Waals surface area contributed by atoms with E-state index in [9.17, 15) is 8.42 Å². The summed E-state index contributed by atoms with van der Waals surface area (Å²) in [6.45, 7) is 2.24. The third kappa shape index (κ3) is 4.26. The number of rotatable bonds is 6. The highest BCUT2D eigenvalue weighted by Gasteiger charge is 2.20. The summed E-state index contributed by atoms with van der Waals surface area (Å²) in [4.78, 5) is 5.11. The average molecular weight is 345 g/mol. The van der Waals surface area contributed by atoms with E-state index in [0.717, 1.165) is 21.7 Å². The summed E-state index contributed by atoms with van der Waals surface area (Å²) in [6, 6.07) is 7.35. The molecule has 0 bridgehead atoms. The summed E-state index contributed by atoms with van der Waals surface area (Å²) in [5.74, 6) is 0.357. The Balaban J connectivity index is 2.12. The zero-order chi connectivity index (χ0) is 15.5. The molecule has 0 aliphatic rings. The van der Waals surface area contributed by atoms with Crippen molar-refractivity contribution in [1.82, 2.24) is 9.29 Å². The van der Waals surface area contributed by atoms with Gasteiger partial charge in [-0.05, 0) is 18.1 Å². The van der Waals surface area contributed by atoms with Gasteiger partial charge in [-0.15, -0.1) is 22.9 Å². The Hall–Kier alpha value is -0.950. The van der Waals surface area contributed by atoms with Crippen LogP contribution in [0, 0.1) is 6.92 Å². The fraction of sp³-hybridized carbons (Fsp3) is 0.357. The number of aryl methyl sites for hydroxylation is 1. The van der Waals surface area contributed by atoms with Gasteiger partial charge in [0.25, 0.3) is 0 Å². The second kappa shape index (κ2) is 6.87. The van der Waals surface area contributed by atoms with Gasteiger partial charge in [-0.25, -0.2) is 13.4 Å². The molecule has 0 aliphatic carbocycles. The Morgan fingerprint density at radius 3 is 2.67 bits per heavy atom. The molecule has 0 aliphatic heterocycles. The van der Waals surface area contributed by atoms with Crippen LogP contribution < -0.4 is 0 Å². The van der Waals surface area contributed by atoms with Gasteiger partial charge < -0.3 is 0 Å². The summed E-state index contributed by atoms with van der Waals surface area (Å²) < 4.78 is 26.2. The van der Waals surface area contributed by atoms with Crippen molar-refractivity contribution >= 4 is 33.0 Å². The van der Waals surface area contributed by atoms with E-state index < -0.39 is 10.0 Å². The summed E-state index contributed by atoms with van der Waals surface area (Å²) in [5, 5.41) is 0. The summed E-state index contributed by atoms with van der Waals surface area (Å²) in [5.41, 5.74) is 4.28. The van der Waals surface area contributed by atoms with Crippen LogP contribution in [0.5, 0.6) is 0 Å². The molecule has 114 valence electrons. The van der Waals surface area contributed by atoms with Gasteiger partial charge in [0.2, 0.25) is 10.0 Å². The second-order valence-corrected chi connectivity index (χ2v) is 8.11. The molecule has 7 heteroatoms. The highest BCUT2D eigenvalue weighted by molar-refractivity contribution is 7.88. The van der Waals surface area contributed by atoms with Crippen LogP contribution in [0.4, 0.5) is 0 Å². The van der Waals surface area contributed by atoms with E-state index >= 15 is 0 Å². The van der Waals surface area contributed by atoms with Gasteiger partial charge in [0, 0.05) is 24.3 Å². The van der Waals surface area contributed by atoms with E-state index in [1.807, 2.05) is 25.1 Å². The molecule has 0 unspecified atom stereocenters. The first-order valence-corrected chi connectivity index (χ1v) is 9.41. The average Bonchev–Trinajstić information content (AvgIpc) is 2.84. The lowest BCUT2D eigenvalue weighted by Crippen LogP contribution is -2.27. The lowest BCUT2D eigenvalue weighted by Gasteiger charge is -2.17. The van der Waals surface area contributed by atoms with Crippen molar-refractivity contribution in [2.75, 3.05) is 7.05 Å².